The Morgan fingerprint density at radius 2 is 1.01 bits per heavy atom. The Kier molecular flexibility index (Phi) is 19.3. The minimum absolute atomic E-state index is 0.0115. The molecule has 5 heterocycles. The molecule has 9 fully saturated rings. The summed E-state index contributed by atoms with van der Waals surface area (Å²) < 4.78 is 61.2. The fourth-order valence-corrected chi connectivity index (χ4v) is 17.8. The number of aliphatic hydroxyl groups is 17. The van der Waals surface area contributed by atoms with E-state index in [4.69, 9.17) is 47.4 Å². The summed E-state index contributed by atoms with van der Waals surface area (Å²) in [6.07, 6.45) is -33.9. The average molecular weight is 1230 g/mol. The van der Waals surface area contributed by atoms with Crippen LogP contribution in [0.2, 0.25) is 0 Å². The Morgan fingerprint density at radius 3 is 1.61 bits per heavy atom. The third-order valence-corrected chi connectivity index (χ3v) is 22.9. The zero-order chi connectivity index (χ0) is 62.0. The van der Waals surface area contributed by atoms with Gasteiger partial charge in [-0.15, -0.1) is 0 Å². The first-order valence-electron chi connectivity index (χ1n) is 30.3. The highest BCUT2D eigenvalue weighted by molar-refractivity contribution is 5.36. The van der Waals surface area contributed by atoms with Crippen molar-refractivity contribution in [2.24, 2.45) is 50.2 Å². The molecule has 5 aliphatic carbocycles. The second-order valence-electron chi connectivity index (χ2n) is 28.4. The van der Waals surface area contributed by atoms with Gasteiger partial charge in [0.15, 0.2) is 31.5 Å². The molecule has 10 aliphatic rings. The molecule has 5 aliphatic heterocycles. The van der Waals surface area contributed by atoms with Crippen LogP contribution in [-0.2, 0) is 47.4 Å². The lowest BCUT2D eigenvalue weighted by Gasteiger charge is -2.72. The van der Waals surface area contributed by atoms with Crippen molar-refractivity contribution in [2.75, 3.05) is 39.6 Å². The average Bonchev–Trinajstić information content (AvgIpc) is 0.734. The molecule has 0 radical (unpaired) electrons. The zero-order valence-electron chi connectivity index (χ0n) is 49.4. The van der Waals surface area contributed by atoms with Crippen LogP contribution in [0.5, 0.6) is 0 Å². The lowest BCUT2D eigenvalue weighted by Crippen LogP contribution is -2.70. The second-order valence-corrected chi connectivity index (χ2v) is 28.4. The molecule has 33 atom stereocenters. The number of hydrogen-bond acceptors (Lipinski definition) is 27. The summed E-state index contributed by atoms with van der Waals surface area (Å²) in [5.41, 5.74) is -2.41. The van der Waals surface area contributed by atoms with Crippen LogP contribution in [-0.4, -0.2) is 286 Å². The summed E-state index contributed by atoms with van der Waals surface area (Å²) in [6, 6.07) is 0. The van der Waals surface area contributed by atoms with Crippen LogP contribution in [0.25, 0.3) is 0 Å². The van der Waals surface area contributed by atoms with Gasteiger partial charge in [-0.1, -0.05) is 60.1 Å². The maximum atomic E-state index is 12.8. The van der Waals surface area contributed by atoms with Gasteiger partial charge in [0.1, 0.15) is 110 Å². The molecule has 0 spiro atoms. The minimum atomic E-state index is -1.93. The number of allylic oxidation sites excluding steroid dienone is 2. The van der Waals surface area contributed by atoms with Crippen molar-refractivity contribution < 1.29 is 134 Å². The van der Waals surface area contributed by atoms with E-state index >= 15 is 0 Å². The van der Waals surface area contributed by atoms with Gasteiger partial charge < -0.3 is 134 Å². The molecular weight excluding hydrogens is 1130 g/mol. The van der Waals surface area contributed by atoms with Gasteiger partial charge >= 0.3 is 0 Å². The number of hydrogen-bond donors (Lipinski definition) is 17. The van der Waals surface area contributed by atoms with Crippen LogP contribution in [0.4, 0.5) is 0 Å². The van der Waals surface area contributed by atoms with Gasteiger partial charge in [0.05, 0.1) is 63.4 Å². The summed E-state index contributed by atoms with van der Waals surface area (Å²) in [4.78, 5) is 0. The maximum absolute atomic E-state index is 12.8. The molecule has 85 heavy (non-hydrogen) atoms. The van der Waals surface area contributed by atoms with Crippen molar-refractivity contribution >= 4 is 0 Å². The normalized spacial score (nSPS) is 55.1. The van der Waals surface area contributed by atoms with Gasteiger partial charge in [0.25, 0.3) is 0 Å². The number of rotatable bonds is 14. The van der Waals surface area contributed by atoms with Gasteiger partial charge in [0, 0.05) is 0 Å². The molecule has 0 aromatic rings. The molecule has 1 unspecified atom stereocenters. The predicted octanol–water partition coefficient (Wildman–Crippen LogP) is -4.52. The fourth-order valence-electron chi connectivity index (χ4n) is 17.8. The third-order valence-electron chi connectivity index (χ3n) is 22.9. The highest BCUT2D eigenvalue weighted by atomic mass is 16.8. The van der Waals surface area contributed by atoms with E-state index in [0.29, 0.717) is 32.1 Å². The van der Waals surface area contributed by atoms with Crippen molar-refractivity contribution in [3.63, 3.8) is 0 Å². The van der Waals surface area contributed by atoms with E-state index in [0.717, 1.165) is 18.4 Å². The number of aliphatic hydroxyl groups excluding tert-OH is 17. The van der Waals surface area contributed by atoms with Crippen molar-refractivity contribution in [3.8, 4) is 0 Å². The molecule has 5 saturated heterocycles. The van der Waals surface area contributed by atoms with E-state index in [1.807, 2.05) is 0 Å². The Labute approximate surface area is 493 Å². The minimum Gasteiger partial charge on any atom is -0.396 e. The summed E-state index contributed by atoms with van der Waals surface area (Å²) in [5.74, 6) is -0.283. The van der Waals surface area contributed by atoms with Crippen LogP contribution in [0.15, 0.2) is 11.6 Å². The first kappa shape index (κ1) is 66.6. The Hall–Kier alpha value is -1.34. The molecule has 490 valence electrons. The smallest absolute Gasteiger partial charge is 0.187 e. The second kappa shape index (κ2) is 24.6. The third kappa shape index (κ3) is 11.0. The summed E-state index contributed by atoms with van der Waals surface area (Å²) in [5, 5.41) is 186. The van der Waals surface area contributed by atoms with Gasteiger partial charge in [-0.2, -0.15) is 0 Å². The number of fused-ring (bicyclic) bond motifs is 7. The molecule has 0 bridgehead atoms. The van der Waals surface area contributed by atoms with Crippen LogP contribution >= 0.6 is 0 Å². The Bertz CT molecular complexity index is 2310. The topological polar surface area (TPSA) is 436 Å². The lowest BCUT2D eigenvalue weighted by atomic mass is 9.33. The van der Waals surface area contributed by atoms with Crippen LogP contribution < -0.4 is 0 Å². The van der Waals surface area contributed by atoms with Gasteiger partial charge in [0.2, 0.25) is 0 Å². The maximum Gasteiger partial charge on any atom is 0.187 e. The highest BCUT2D eigenvalue weighted by Crippen LogP contribution is 2.76. The molecular formula is C58H96O27. The molecule has 27 heteroatoms. The zero-order valence-corrected chi connectivity index (χ0v) is 49.4. The molecule has 0 amide bonds. The largest absolute Gasteiger partial charge is 0.396 e. The van der Waals surface area contributed by atoms with E-state index in [2.05, 4.69) is 54.5 Å². The van der Waals surface area contributed by atoms with Crippen molar-refractivity contribution in [1.82, 2.24) is 0 Å². The van der Waals surface area contributed by atoms with E-state index in [9.17, 15) is 86.8 Å². The molecule has 27 nitrogen and oxygen atoms in total. The van der Waals surface area contributed by atoms with Crippen LogP contribution in [0.1, 0.15) is 99.8 Å². The molecule has 0 aromatic heterocycles. The SMILES string of the molecule is CC1(C)CC2C3=CC[C@@H]4[C@@]5(C)CC[C@H](O[C@@H]6OC[C@@H](O[C@@H]7O[C@H](CO)[C@@H](O)[C@H](O)[C@H]7O[C@@H]7OC[C@H](O)[C@H](O)[C@H]7O)[C@H](O)[C@H]6O[C@@H]6O[C@H](CO)[C@@H](O)[C@H](O)[C@H]6O)C(C)(C)[C@@H]5CC[C@@]4(C)[C@]3(C)C[C@@H](O)[C@@]2(CO)[C@@H](O[C@@H]2O[C@H](CO)[C@@H](O)[C@H](O)[C@H]2O)C1. The van der Waals surface area contributed by atoms with E-state index in [1.54, 1.807) is 0 Å². The van der Waals surface area contributed by atoms with Gasteiger partial charge in [-0.05, 0) is 96.2 Å². The predicted molar refractivity (Wildman–Crippen MR) is 286 cm³/mol. The highest BCUT2D eigenvalue weighted by Gasteiger charge is 2.72. The Balaban J connectivity index is 0.903. The fraction of sp³-hybridized carbons (Fsp3) is 0.966. The van der Waals surface area contributed by atoms with Gasteiger partial charge in [-0.25, -0.2) is 0 Å². The molecule has 0 aromatic carbocycles. The summed E-state index contributed by atoms with van der Waals surface area (Å²) in [6.45, 7) is 11.7. The van der Waals surface area contributed by atoms with E-state index in [-0.39, 0.29) is 35.0 Å². The lowest BCUT2D eigenvalue weighted by molar-refractivity contribution is -0.392. The van der Waals surface area contributed by atoms with Gasteiger partial charge in [-0.3, -0.25) is 0 Å². The first-order valence-corrected chi connectivity index (χ1v) is 30.3. The monoisotopic (exact) mass is 1220 g/mol. The van der Waals surface area contributed by atoms with E-state index < -0.39 is 221 Å². The first-order chi connectivity index (χ1) is 39.9. The summed E-state index contributed by atoms with van der Waals surface area (Å²) >= 11 is 0. The molecule has 10 rings (SSSR count). The van der Waals surface area contributed by atoms with Crippen molar-refractivity contribution in [3.05, 3.63) is 11.6 Å². The quantitative estimate of drug-likeness (QED) is 0.0576. The van der Waals surface area contributed by atoms with Crippen molar-refractivity contribution in [1.29, 1.82) is 0 Å². The molecule has 4 saturated carbocycles. The standard InChI is InChI=1S/C58H96O27/c1-53(2)14-24-23-8-9-31-55(5)12-11-33(54(3,4)30(55)10-13-56(31,6)57(23,7)15-32(64)58(24,22-62)34(16-53)83-49-44(74)40(70)36(66)26(17-59)78-49)82-51-46(85-50-45(75)41(71)37(67)27(18-60)79-50)39(69)29(21-77-51)81-52-47(42(72)38(68)28(19-61)80-52)84-48-43(73)35(65)25(63)20-76-48/h8,24-52,59-75H,9-22H2,1-7H3/t24?,25-,26+,27+,28+,29+,30-,31+,32+,33-,34-,35-,36+,37+,38+,39-,40-,41-,42-,43+,44+,45+,46+,47+,48-,49-,50-,51-,52-,55-,56+,57+,58-/m0/s1. The van der Waals surface area contributed by atoms with Crippen molar-refractivity contribution in [2.45, 2.75) is 259 Å². The number of ether oxygens (including phenoxy) is 10. The van der Waals surface area contributed by atoms with Crippen LogP contribution in [0, 0.1) is 50.2 Å². The van der Waals surface area contributed by atoms with E-state index in [1.165, 1.54) is 0 Å². The summed E-state index contributed by atoms with van der Waals surface area (Å²) in [7, 11) is 0. The molecule has 17 N–H and O–H groups in total. The van der Waals surface area contributed by atoms with Crippen LogP contribution in [0.3, 0.4) is 0 Å². The Morgan fingerprint density at radius 1 is 0.482 bits per heavy atom.